The van der Waals surface area contributed by atoms with E-state index in [1.807, 2.05) is 0 Å². The second-order valence-electron chi connectivity index (χ2n) is 34.6. The fourth-order valence-corrected chi connectivity index (χ4v) is 17.9. The zero-order valence-electron chi connectivity index (χ0n) is 77.2. The molecule has 7 unspecified atom stereocenters. The molecule has 10 heterocycles. The largest absolute Gasteiger partial charge is 0.481 e. The molecule has 10 aliphatic rings. The van der Waals surface area contributed by atoms with Gasteiger partial charge in [-0.05, 0) is 139 Å². The molecule has 52 heteroatoms. The molecule has 7 aromatic rings. The van der Waals surface area contributed by atoms with Gasteiger partial charge in [0.1, 0.15) is 40.8 Å². The highest BCUT2D eigenvalue weighted by Crippen LogP contribution is 2.43. The number of nitro groups is 2. The van der Waals surface area contributed by atoms with Crippen LogP contribution in [0.15, 0.2) is 127 Å². The van der Waals surface area contributed by atoms with Crippen LogP contribution in [-0.4, -0.2) is 242 Å². The molecule has 764 valence electrons. The van der Waals surface area contributed by atoms with Gasteiger partial charge in [-0.2, -0.15) is 0 Å². The first-order valence-corrected chi connectivity index (χ1v) is 44.7. The third-order valence-corrected chi connectivity index (χ3v) is 26.3. The normalized spacial score (nSPS) is 18.4. The molecular weight excluding hydrogens is 1970 g/mol. The van der Waals surface area contributed by atoms with Crippen LogP contribution >= 0.6 is 23.2 Å². The van der Waals surface area contributed by atoms with E-state index in [2.05, 4.69) is 14.2 Å². The summed E-state index contributed by atoms with van der Waals surface area (Å²) < 4.78 is 13.6. The number of esters is 6. The molecule has 0 bridgehead atoms. The number of carboxylic acid groups (broad SMARTS) is 4. The lowest BCUT2D eigenvalue weighted by Crippen LogP contribution is -2.58. The lowest BCUT2D eigenvalue weighted by atomic mass is 9.92. The Morgan fingerprint density at radius 3 is 1.08 bits per heavy atom. The molecule has 18 N–H and O–H groups in total. The van der Waals surface area contributed by atoms with Crippen LogP contribution in [0.2, 0.25) is 10.0 Å². The number of ether oxygens (including phenoxy) is 3. The molecule has 17 rings (SSSR count). The number of nitrogens with two attached hydrogens (primary N) is 7. The van der Waals surface area contributed by atoms with Crippen LogP contribution in [-0.2, 0) is 114 Å². The number of carbonyl (C=O) groups is 23. The monoisotopic (exact) mass is 2060 g/mol. The van der Waals surface area contributed by atoms with Crippen LogP contribution in [0.5, 0.6) is 0 Å². The number of nitrogen functional groups attached to an aromatic ring is 3. The van der Waals surface area contributed by atoms with Crippen molar-refractivity contribution in [3.05, 3.63) is 236 Å². The van der Waals surface area contributed by atoms with Crippen molar-refractivity contribution in [3.8, 4) is 0 Å². The topological polar surface area (TPSA) is 792 Å². The predicted molar refractivity (Wildman–Crippen MR) is 498 cm³/mol. The second-order valence-corrected chi connectivity index (χ2v) is 35.4. The van der Waals surface area contributed by atoms with Gasteiger partial charge in [0.25, 0.3) is 64.5 Å². The summed E-state index contributed by atoms with van der Waals surface area (Å²) in [6, 6.07) is 28.7. The van der Waals surface area contributed by atoms with Gasteiger partial charge in [-0.1, -0.05) is 65.7 Å². The van der Waals surface area contributed by atoms with E-state index in [1.165, 1.54) is 107 Å². The number of fused-ring (bicyclic) bond motifs is 7. The quantitative estimate of drug-likeness (QED) is 0.00719. The molecule has 7 aromatic carbocycles. The molecule has 50 nitrogen and oxygen atoms in total. The maximum Gasteiger partial charge on any atom is 0.337 e. The van der Waals surface area contributed by atoms with Crippen molar-refractivity contribution in [2.75, 3.05) is 17.2 Å². The van der Waals surface area contributed by atoms with Crippen molar-refractivity contribution >= 4 is 188 Å². The maximum absolute atomic E-state index is 12.5. The smallest absolute Gasteiger partial charge is 0.337 e. The molecule has 0 aliphatic carbocycles. The standard InChI is InChI=1S/C14H15N3O6.C14H15N3O5.C14H17N3O4.C13H13ClN2O4.C13H10ClNO4.C13H10N2O6.C13H10N2O5/c1-14(13(15)21,6-5-11(18)19)16-7-9-8(12(16)20)3-2-4-10(9)17(22)23;1-14(13(16)22,6-5-9(18)19)17-11(20)7-3-2-4-8(15)10(7)12(17)21;1-14(13(16)21,6-5-11(18)19)17-7-9-8(12(17)20)3-2-4-10(9)15;14-9-3-1-2-7-8(9)6-16(13(7)20)10(12(15)19)4-5-11(17)18;14-9-3-1-2-7-8(9)6-15(12(7)17)10-4-5-11(16)19-13(10)18;16-11-5-4-10(13(18)21-11)14-6-8-7(12(14)17)2-1-3-9(8)15(19)20;14-7-3-1-2-6-10(7)12(18)15(11(6)17)8-4-5-9(16)20-13(8)19/h2-4H,5-7H2,1H3,(H2,15,21)(H,18,19);2-4H,5-6,15H2,1H3,(H2,16,22)(H,18,19);2-4H,5-7,15H2,1H3,(H2,16,21)(H,18,19);1-3,10H,4-6H2,(H2,15,19)(H,17,18);1-3,10H,4-6H2;1-3,10H,4-6H2;1-3,8H,4-5,14H2. The number of aliphatic carboxylic acids is 4. The molecule has 3 saturated heterocycles. The van der Waals surface area contributed by atoms with Crippen LogP contribution in [0, 0.1) is 20.2 Å². The molecular formula is C94H90Cl2N16O34. The van der Waals surface area contributed by atoms with E-state index in [1.54, 1.807) is 60.7 Å². The van der Waals surface area contributed by atoms with Crippen molar-refractivity contribution in [2.24, 2.45) is 22.9 Å². The summed E-state index contributed by atoms with van der Waals surface area (Å²) in [6.45, 7) is 4.54. The summed E-state index contributed by atoms with van der Waals surface area (Å²) in [6.07, 6.45) is -1.06. The van der Waals surface area contributed by atoms with E-state index in [-0.39, 0.29) is 195 Å². The minimum absolute atomic E-state index is 0.00954. The van der Waals surface area contributed by atoms with Gasteiger partial charge < -0.3 is 99.3 Å². The Hall–Kier alpha value is -17.9. The van der Waals surface area contributed by atoms with E-state index in [0.29, 0.717) is 54.9 Å². The Kier molecular flexibility index (Phi) is 32.8. The average Bonchev–Trinajstić information content (AvgIpc) is 1.60. The van der Waals surface area contributed by atoms with Crippen molar-refractivity contribution in [1.29, 1.82) is 0 Å². The number of benzene rings is 7. The van der Waals surface area contributed by atoms with Gasteiger partial charge in [0, 0.05) is 137 Å². The number of anilines is 3. The minimum atomic E-state index is -1.74. The van der Waals surface area contributed by atoms with Gasteiger partial charge in [-0.15, -0.1) is 0 Å². The highest BCUT2D eigenvalue weighted by molar-refractivity contribution is 6.33. The Morgan fingerprint density at radius 2 is 0.712 bits per heavy atom. The fraction of sp³-hybridized carbons (Fsp3) is 0.309. The van der Waals surface area contributed by atoms with E-state index in [9.17, 15) is 131 Å². The number of nitrogens with zero attached hydrogens (tertiary/aromatic N) is 9. The van der Waals surface area contributed by atoms with Crippen LogP contribution < -0.4 is 40.1 Å². The van der Waals surface area contributed by atoms with E-state index < -0.39 is 176 Å². The lowest BCUT2D eigenvalue weighted by Gasteiger charge is -2.35. The van der Waals surface area contributed by atoms with Crippen molar-refractivity contribution in [3.63, 3.8) is 0 Å². The zero-order chi connectivity index (χ0) is 108. The van der Waals surface area contributed by atoms with Crippen LogP contribution in [0.4, 0.5) is 28.4 Å². The van der Waals surface area contributed by atoms with Crippen LogP contribution in [0.1, 0.15) is 232 Å². The maximum atomic E-state index is 12.5. The summed E-state index contributed by atoms with van der Waals surface area (Å²) in [5, 5.41) is 58.1. The first kappa shape index (κ1) is 109. The molecule has 0 aromatic heterocycles. The molecule has 0 spiro atoms. The second kappa shape index (κ2) is 44.1. The predicted octanol–water partition coefficient (Wildman–Crippen LogP) is 4.39. The number of nitro benzene ring substituents is 2. The Bertz CT molecular complexity index is 6810. The fourth-order valence-electron chi connectivity index (χ4n) is 17.4. The summed E-state index contributed by atoms with van der Waals surface area (Å²) in [5.74, 6) is -16.4. The van der Waals surface area contributed by atoms with Crippen molar-refractivity contribution in [1.82, 2.24) is 34.3 Å². The van der Waals surface area contributed by atoms with E-state index >= 15 is 0 Å². The number of carbonyl (C=O) groups excluding carboxylic acids is 19. The number of imide groups is 2. The van der Waals surface area contributed by atoms with Gasteiger partial charge in [0.05, 0.1) is 67.4 Å². The van der Waals surface area contributed by atoms with Crippen molar-refractivity contribution in [2.45, 2.75) is 184 Å². The number of rotatable bonds is 25. The first-order valence-electron chi connectivity index (χ1n) is 44.0. The zero-order valence-corrected chi connectivity index (χ0v) is 78.7. The highest BCUT2D eigenvalue weighted by atomic mass is 35.5. The first-order chi connectivity index (χ1) is 68.6. The van der Waals surface area contributed by atoms with Crippen molar-refractivity contribution < 1.29 is 155 Å². The Labute approximate surface area is 833 Å². The summed E-state index contributed by atoms with van der Waals surface area (Å²) in [7, 11) is 0. The molecule has 10 aliphatic heterocycles. The van der Waals surface area contributed by atoms with Gasteiger partial charge in [0.15, 0.2) is 0 Å². The third kappa shape index (κ3) is 22.2. The third-order valence-electron chi connectivity index (χ3n) is 25.6. The van der Waals surface area contributed by atoms with Crippen LogP contribution in [0.3, 0.4) is 0 Å². The SMILES string of the molecule is CC(CCC(=O)O)(C(N)=O)N1C(=O)c2cccc(N)c2C1=O.CC(CCC(=O)O)(C(N)=O)N1Cc2c(N)cccc2C1=O.CC(CCC(=O)O)(C(N)=O)N1Cc2c(cccc2[N+](=O)[O-])C1=O.NC(=O)C(CCC(=O)O)N1Cc2c(Cl)cccc2C1=O.Nc1cccc2c1C(=O)N(C1CCC(=O)OC1=O)C2=O.O=C1CCC(N2Cc3c(Cl)cccc3C2=O)C(=O)O1.O=C1CCC(N2Cc3c(cccc3[N+](=O)[O-])C2=O)C(=O)O1. The number of halogens is 2. The van der Waals surface area contributed by atoms with E-state index in [0.717, 1.165) is 15.4 Å². The number of hydrogen-bond donors (Lipinski definition) is 11. The minimum Gasteiger partial charge on any atom is -0.481 e. The Balaban J connectivity index is 0.000000162. The number of cyclic esters (lactones) is 6. The van der Waals surface area contributed by atoms with Gasteiger partial charge in [0.2, 0.25) is 23.6 Å². The summed E-state index contributed by atoms with van der Waals surface area (Å²) in [5.41, 5.74) is 39.0. The molecule has 13 amide bonds. The molecule has 0 radical (unpaired) electrons. The summed E-state index contributed by atoms with van der Waals surface area (Å²) >= 11 is 12.1. The summed E-state index contributed by atoms with van der Waals surface area (Å²) in [4.78, 5) is 298. The van der Waals surface area contributed by atoms with Crippen LogP contribution in [0.25, 0.3) is 0 Å². The van der Waals surface area contributed by atoms with E-state index in [4.69, 9.17) is 83.8 Å². The molecule has 7 atom stereocenters. The number of hydrogen-bond acceptors (Lipinski definition) is 33. The highest BCUT2D eigenvalue weighted by Gasteiger charge is 2.54. The Morgan fingerprint density at radius 1 is 0.384 bits per heavy atom. The number of amides is 13. The molecule has 146 heavy (non-hydrogen) atoms. The number of primary amides is 4. The van der Waals surface area contributed by atoms with Gasteiger partial charge in [-0.25, -0.2) is 14.4 Å². The lowest BCUT2D eigenvalue weighted by molar-refractivity contribution is -0.385. The molecule has 0 saturated carbocycles. The van der Waals surface area contributed by atoms with Gasteiger partial charge >= 0.3 is 59.7 Å². The average molecular weight is 2060 g/mol. The number of carboxylic acids is 4. The van der Waals surface area contributed by atoms with Gasteiger partial charge in [-0.3, -0.25) is 126 Å². The molecule has 3 fully saturated rings.